The van der Waals surface area contributed by atoms with Gasteiger partial charge in [0.25, 0.3) is 0 Å². The number of para-hydroxylation sites is 3. The summed E-state index contributed by atoms with van der Waals surface area (Å²) in [4.78, 5) is 10.2. The molecule has 0 amide bonds. The number of benzene rings is 3. The SMILES string of the molecule is C1=Cc2ccccc2ON1.c1ccc(NONc2ccccc2)cc1. The Bertz CT molecular complexity index is 753. The standard InChI is InChI=1S/C12H12N2O.C8H7NO/c1-3-7-11(8-4-1)13-15-14-12-9-5-2-6-10-12;1-2-4-8-7(3-1)5-6-9-10-8/h1-10,13-14H;1-6,9H. The van der Waals surface area contributed by atoms with Crippen LogP contribution in [0, 0.1) is 0 Å². The van der Waals surface area contributed by atoms with Crippen LogP contribution >= 0.6 is 0 Å². The highest BCUT2D eigenvalue weighted by molar-refractivity contribution is 5.58. The number of anilines is 2. The third-order valence-electron chi connectivity index (χ3n) is 3.30. The molecular weight excluding hydrogens is 314 g/mol. The second kappa shape index (κ2) is 9.00. The topological polar surface area (TPSA) is 54.5 Å². The number of fused-ring (bicyclic) bond motifs is 1. The molecule has 3 aromatic carbocycles. The van der Waals surface area contributed by atoms with Crippen molar-refractivity contribution in [1.29, 1.82) is 0 Å². The minimum atomic E-state index is 0.880. The number of hydrogen-bond donors (Lipinski definition) is 3. The van der Waals surface area contributed by atoms with Gasteiger partial charge in [-0.3, -0.25) is 0 Å². The zero-order valence-corrected chi connectivity index (χ0v) is 13.6. The highest BCUT2D eigenvalue weighted by atomic mass is 16.8. The minimum absolute atomic E-state index is 0.880. The highest BCUT2D eigenvalue weighted by Crippen LogP contribution is 2.20. The van der Waals surface area contributed by atoms with Crippen molar-refractivity contribution in [1.82, 2.24) is 5.48 Å². The van der Waals surface area contributed by atoms with Crippen LogP contribution in [0.15, 0.2) is 91.1 Å². The lowest BCUT2D eigenvalue weighted by atomic mass is 10.2. The molecule has 0 fully saturated rings. The molecule has 0 unspecified atom stereocenters. The van der Waals surface area contributed by atoms with Crippen molar-refractivity contribution in [3.8, 4) is 5.75 Å². The Hall–Kier alpha value is -3.44. The van der Waals surface area contributed by atoms with Gasteiger partial charge in [-0.05, 0) is 36.4 Å². The summed E-state index contributed by atoms with van der Waals surface area (Å²) < 4.78 is 0. The number of nitrogens with one attached hydrogen (secondary N) is 3. The van der Waals surface area contributed by atoms with Gasteiger partial charge in [0.2, 0.25) is 0 Å². The van der Waals surface area contributed by atoms with Crippen LogP contribution in [-0.2, 0) is 4.94 Å². The average Bonchev–Trinajstić information content (AvgIpc) is 2.70. The Labute approximate surface area is 146 Å². The Morgan fingerprint density at radius 1 is 0.680 bits per heavy atom. The summed E-state index contributed by atoms with van der Waals surface area (Å²) in [7, 11) is 0. The van der Waals surface area contributed by atoms with Crippen molar-refractivity contribution in [2.75, 3.05) is 11.0 Å². The van der Waals surface area contributed by atoms with Gasteiger partial charge in [-0.15, -0.1) is 0 Å². The van der Waals surface area contributed by atoms with Gasteiger partial charge < -0.3 is 4.84 Å². The zero-order valence-electron chi connectivity index (χ0n) is 13.6. The van der Waals surface area contributed by atoms with Crippen LogP contribution in [0.4, 0.5) is 11.4 Å². The molecule has 0 aliphatic carbocycles. The molecule has 0 bridgehead atoms. The maximum absolute atomic E-state index is 5.11. The number of rotatable bonds is 4. The van der Waals surface area contributed by atoms with E-state index in [2.05, 4.69) is 16.4 Å². The van der Waals surface area contributed by atoms with Gasteiger partial charge in [-0.1, -0.05) is 54.6 Å². The Morgan fingerprint density at radius 2 is 1.24 bits per heavy atom. The summed E-state index contributed by atoms with van der Waals surface area (Å²) in [5.74, 6) is 0.880. The van der Waals surface area contributed by atoms with E-state index in [4.69, 9.17) is 9.78 Å². The van der Waals surface area contributed by atoms with Crippen molar-refractivity contribution in [2.45, 2.75) is 0 Å². The number of hydrogen-bond acceptors (Lipinski definition) is 5. The first-order chi connectivity index (χ1) is 12.4. The Balaban J connectivity index is 0.000000157. The van der Waals surface area contributed by atoms with Crippen LogP contribution < -0.4 is 21.3 Å². The predicted octanol–water partition coefficient (Wildman–Crippen LogP) is 4.61. The first-order valence-corrected chi connectivity index (χ1v) is 7.88. The van der Waals surface area contributed by atoms with E-state index in [1.807, 2.05) is 91.0 Å². The van der Waals surface area contributed by atoms with E-state index < -0.39 is 0 Å². The molecule has 3 N–H and O–H groups in total. The van der Waals surface area contributed by atoms with Crippen LogP contribution in [0.5, 0.6) is 5.75 Å². The first-order valence-electron chi connectivity index (χ1n) is 7.88. The van der Waals surface area contributed by atoms with E-state index in [0.717, 1.165) is 22.7 Å². The van der Waals surface area contributed by atoms with Crippen molar-refractivity contribution in [3.05, 3.63) is 96.7 Å². The molecule has 1 heterocycles. The molecule has 0 saturated heterocycles. The predicted molar refractivity (Wildman–Crippen MR) is 100 cm³/mol. The second-order valence-corrected chi connectivity index (χ2v) is 5.13. The summed E-state index contributed by atoms with van der Waals surface area (Å²) in [5, 5.41) is 0. The molecule has 3 aromatic rings. The van der Waals surface area contributed by atoms with E-state index in [-0.39, 0.29) is 0 Å². The first kappa shape index (κ1) is 16.4. The monoisotopic (exact) mass is 333 g/mol. The summed E-state index contributed by atoms with van der Waals surface area (Å²) >= 11 is 0. The van der Waals surface area contributed by atoms with Crippen molar-refractivity contribution < 1.29 is 9.78 Å². The lowest BCUT2D eigenvalue weighted by Crippen LogP contribution is -2.13. The summed E-state index contributed by atoms with van der Waals surface area (Å²) in [6.07, 6.45) is 3.74. The maximum Gasteiger partial charge on any atom is 0.162 e. The molecule has 5 nitrogen and oxygen atoms in total. The van der Waals surface area contributed by atoms with Gasteiger partial charge in [-0.2, -0.15) is 4.94 Å². The van der Waals surface area contributed by atoms with Crippen LogP contribution in [0.25, 0.3) is 6.08 Å². The van der Waals surface area contributed by atoms with Crippen LogP contribution in [0.1, 0.15) is 5.56 Å². The molecule has 1 aliphatic heterocycles. The minimum Gasteiger partial charge on any atom is -0.382 e. The van der Waals surface area contributed by atoms with Crippen LogP contribution in [0.3, 0.4) is 0 Å². The molecule has 25 heavy (non-hydrogen) atoms. The van der Waals surface area contributed by atoms with Gasteiger partial charge in [0, 0.05) is 11.8 Å². The fourth-order valence-electron chi connectivity index (χ4n) is 2.09. The molecule has 0 spiro atoms. The van der Waals surface area contributed by atoms with Crippen LogP contribution in [0.2, 0.25) is 0 Å². The molecule has 5 heteroatoms. The Kier molecular flexibility index (Phi) is 5.91. The molecule has 0 atom stereocenters. The third kappa shape index (κ3) is 5.30. The summed E-state index contributed by atoms with van der Waals surface area (Å²) in [5.41, 5.74) is 11.1. The molecule has 0 radical (unpaired) electrons. The molecular formula is C20H19N3O2. The fraction of sp³-hybridized carbons (Fsp3) is 0. The lowest BCUT2D eigenvalue weighted by Gasteiger charge is -2.11. The molecule has 0 aromatic heterocycles. The third-order valence-corrected chi connectivity index (χ3v) is 3.30. The van der Waals surface area contributed by atoms with Crippen molar-refractivity contribution in [3.63, 3.8) is 0 Å². The van der Waals surface area contributed by atoms with Crippen molar-refractivity contribution in [2.24, 2.45) is 0 Å². The van der Waals surface area contributed by atoms with Gasteiger partial charge in [0.1, 0.15) is 0 Å². The lowest BCUT2D eigenvalue weighted by molar-refractivity contribution is 0.239. The normalized spacial score (nSPS) is 11.0. The quantitative estimate of drug-likeness (QED) is 0.609. The Morgan fingerprint density at radius 3 is 1.84 bits per heavy atom. The summed E-state index contributed by atoms with van der Waals surface area (Å²) in [6, 6.07) is 27.2. The number of hydroxylamine groups is 1. The van der Waals surface area contributed by atoms with Gasteiger partial charge >= 0.3 is 0 Å². The van der Waals surface area contributed by atoms with Crippen molar-refractivity contribution >= 4 is 17.5 Å². The van der Waals surface area contributed by atoms with E-state index in [1.165, 1.54) is 0 Å². The smallest absolute Gasteiger partial charge is 0.162 e. The highest BCUT2D eigenvalue weighted by Gasteiger charge is 2.01. The van der Waals surface area contributed by atoms with Crippen LogP contribution in [-0.4, -0.2) is 0 Å². The van der Waals surface area contributed by atoms with E-state index in [9.17, 15) is 0 Å². The molecule has 126 valence electrons. The van der Waals surface area contributed by atoms with E-state index >= 15 is 0 Å². The largest absolute Gasteiger partial charge is 0.382 e. The second-order valence-electron chi connectivity index (χ2n) is 5.13. The molecule has 1 aliphatic rings. The van der Waals surface area contributed by atoms with Gasteiger partial charge in [0.15, 0.2) is 5.75 Å². The van der Waals surface area contributed by atoms with Gasteiger partial charge in [-0.25, -0.2) is 16.4 Å². The fourth-order valence-corrected chi connectivity index (χ4v) is 2.09. The molecule has 0 saturated carbocycles. The van der Waals surface area contributed by atoms with Gasteiger partial charge in [0.05, 0.1) is 11.4 Å². The zero-order chi connectivity index (χ0) is 17.2. The molecule has 4 rings (SSSR count). The maximum atomic E-state index is 5.11. The van der Waals surface area contributed by atoms with E-state index in [0.29, 0.717) is 0 Å². The summed E-state index contributed by atoms with van der Waals surface area (Å²) in [6.45, 7) is 0. The van der Waals surface area contributed by atoms with E-state index in [1.54, 1.807) is 6.20 Å². The average molecular weight is 333 g/mol.